The van der Waals surface area contributed by atoms with Crippen LogP contribution in [0.25, 0.3) is 11.3 Å². The first-order valence-electron chi connectivity index (χ1n) is 10.8. The highest BCUT2D eigenvalue weighted by Crippen LogP contribution is 2.30. The minimum Gasteiger partial charge on any atom is -0.395 e. The van der Waals surface area contributed by atoms with Crippen LogP contribution in [0.5, 0.6) is 0 Å². The van der Waals surface area contributed by atoms with E-state index in [0.717, 1.165) is 54.4 Å². The van der Waals surface area contributed by atoms with Gasteiger partial charge in [0.05, 0.1) is 17.9 Å². The van der Waals surface area contributed by atoms with Crippen LogP contribution < -0.4 is 10.2 Å². The molecule has 0 radical (unpaired) electrons. The normalized spacial score (nSPS) is 17.4. The largest absolute Gasteiger partial charge is 0.417 e. The summed E-state index contributed by atoms with van der Waals surface area (Å²) in [6, 6.07) is 10.6. The molecule has 0 saturated carbocycles. The topological polar surface area (TPSA) is 80.3 Å². The monoisotopic (exact) mass is 460 g/mol. The first-order valence-corrected chi connectivity index (χ1v) is 10.8. The molecule has 33 heavy (non-hydrogen) atoms. The number of pyridine rings is 1. The zero-order valence-electron chi connectivity index (χ0n) is 18.3. The second-order valence-corrected chi connectivity index (χ2v) is 8.17. The van der Waals surface area contributed by atoms with Gasteiger partial charge in [-0.05, 0) is 31.2 Å². The van der Waals surface area contributed by atoms with Gasteiger partial charge in [0, 0.05) is 68.0 Å². The van der Waals surface area contributed by atoms with Gasteiger partial charge in [0.25, 0.3) is 0 Å². The van der Waals surface area contributed by atoms with Crippen molar-refractivity contribution >= 4 is 11.5 Å². The predicted molar refractivity (Wildman–Crippen MR) is 121 cm³/mol. The van der Waals surface area contributed by atoms with Crippen molar-refractivity contribution in [2.24, 2.45) is 0 Å². The molecule has 3 heterocycles. The summed E-state index contributed by atoms with van der Waals surface area (Å²) in [6.45, 7) is 5.55. The number of hydrogen-bond acceptors (Lipinski definition) is 6. The van der Waals surface area contributed by atoms with E-state index in [4.69, 9.17) is 5.11 Å². The molecule has 0 unspecified atom stereocenters. The van der Waals surface area contributed by atoms with Crippen molar-refractivity contribution in [1.82, 2.24) is 20.1 Å². The van der Waals surface area contributed by atoms with Crippen LogP contribution in [0.1, 0.15) is 18.1 Å². The van der Waals surface area contributed by atoms with Crippen LogP contribution in [-0.4, -0.2) is 64.0 Å². The average molecular weight is 461 g/mol. The van der Waals surface area contributed by atoms with Crippen molar-refractivity contribution in [1.29, 1.82) is 0 Å². The number of rotatable bonds is 7. The van der Waals surface area contributed by atoms with Gasteiger partial charge in [-0.1, -0.05) is 12.1 Å². The molecule has 10 heteroatoms. The summed E-state index contributed by atoms with van der Waals surface area (Å²) >= 11 is 0. The molecule has 1 aliphatic heterocycles. The summed E-state index contributed by atoms with van der Waals surface area (Å²) in [5.41, 5.74) is 3.18. The first-order chi connectivity index (χ1) is 15.8. The number of halogens is 3. The Labute approximate surface area is 190 Å². The van der Waals surface area contributed by atoms with Crippen LogP contribution in [0.3, 0.4) is 0 Å². The molecule has 7 nitrogen and oxygen atoms in total. The molecule has 0 aliphatic carbocycles. The van der Waals surface area contributed by atoms with Gasteiger partial charge in [-0.2, -0.15) is 18.3 Å². The summed E-state index contributed by atoms with van der Waals surface area (Å²) < 4.78 is 38.4. The fourth-order valence-electron chi connectivity index (χ4n) is 4.11. The Morgan fingerprint density at radius 2 is 1.94 bits per heavy atom. The van der Waals surface area contributed by atoms with Crippen LogP contribution in [0.15, 0.2) is 48.8 Å². The van der Waals surface area contributed by atoms with Gasteiger partial charge in [0.1, 0.15) is 5.82 Å². The standard InChI is InChI=1S/C23H27F3N6O/c1-16-14-31(9-10-32(16)21-7-4-19(13-28-21)23(24,25)26)15-18-12-29-30-22(18)17-2-5-20(6-3-17)27-8-11-33/h2-7,12-13,16,27,33H,8-11,14-15H2,1H3,(H,29,30)/t16-/m1/s1. The van der Waals surface area contributed by atoms with E-state index in [1.165, 1.54) is 6.07 Å². The molecule has 0 spiro atoms. The molecule has 0 amide bonds. The molecule has 1 aliphatic rings. The molecule has 0 bridgehead atoms. The Balaban J connectivity index is 1.39. The molecule has 1 atom stereocenters. The van der Waals surface area contributed by atoms with E-state index in [9.17, 15) is 13.2 Å². The molecule has 3 aromatic rings. The number of aromatic amines is 1. The van der Waals surface area contributed by atoms with Crippen LogP contribution >= 0.6 is 0 Å². The number of nitrogens with one attached hydrogen (secondary N) is 2. The number of aromatic nitrogens is 3. The van der Waals surface area contributed by atoms with Crippen molar-refractivity contribution < 1.29 is 18.3 Å². The molecule has 2 aromatic heterocycles. The SMILES string of the molecule is C[C@@H]1CN(Cc2c[nH]nc2-c2ccc(NCCO)cc2)CCN1c1ccc(C(F)(F)F)cn1. The summed E-state index contributed by atoms with van der Waals surface area (Å²) in [4.78, 5) is 8.42. The average Bonchev–Trinajstić information content (AvgIpc) is 3.26. The van der Waals surface area contributed by atoms with Gasteiger partial charge in [0.15, 0.2) is 0 Å². The van der Waals surface area contributed by atoms with E-state index in [-0.39, 0.29) is 12.6 Å². The lowest BCUT2D eigenvalue weighted by Crippen LogP contribution is -2.51. The highest BCUT2D eigenvalue weighted by atomic mass is 19.4. The lowest BCUT2D eigenvalue weighted by molar-refractivity contribution is -0.137. The van der Waals surface area contributed by atoms with E-state index in [1.807, 2.05) is 35.4 Å². The van der Waals surface area contributed by atoms with Gasteiger partial charge < -0.3 is 15.3 Å². The smallest absolute Gasteiger partial charge is 0.395 e. The minimum atomic E-state index is -4.38. The van der Waals surface area contributed by atoms with Crippen LogP contribution in [0.2, 0.25) is 0 Å². The second-order valence-electron chi connectivity index (χ2n) is 8.17. The van der Waals surface area contributed by atoms with Crippen molar-refractivity contribution in [3.8, 4) is 11.3 Å². The summed E-state index contributed by atoms with van der Waals surface area (Å²) in [5, 5.41) is 19.5. The summed E-state index contributed by atoms with van der Waals surface area (Å²) in [5.74, 6) is 0.564. The zero-order valence-corrected chi connectivity index (χ0v) is 18.3. The third-order valence-corrected chi connectivity index (χ3v) is 5.79. The van der Waals surface area contributed by atoms with E-state index < -0.39 is 11.7 Å². The number of H-pyrrole nitrogens is 1. The Hall–Kier alpha value is -3.11. The quantitative estimate of drug-likeness (QED) is 0.500. The summed E-state index contributed by atoms with van der Waals surface area (Å²) in [7, 11) is 0. The maximum absolute atomic E-state index is 12.8. The second kappa shape index (κ2) is 9.80. The van der Waals surface area contributed by atoms with Crippen molar-refractivity contribution in [2.75, 3.05) is 43.0 Å². The molecule has 1 fully saturated rings. The van der Waals surface area contributed by atoms with Crippen molar-refractivity contribution in [3.63, 3.8) is 0 Å². The number of benzene rings is 1. The van der Waals surface area contributed by atoms with Crippen LogP contribution in [0.4, 0.5) is 24.7 Å². The highest BCUT2D eigenvalue weighted by molar-refractivity contribution is 5.65. The number of piperazine rings is 1. The lowest BCUT2D eigenvalue weighted by Gasteiger charge is -2.40. The van der Waals surface area contributed by atoms with E-state index in [0.29, 0.717) is 18.9 Å². The number of hydrogen-bond donors (Lipinski definition) is 3. The predicted octanol–water partition coefficient (Wildman–Crippen LogP) is 3.61. The van der Waals surface area contributed by atoms with Gasteiger partial charge in [-0.15, -0.1) is 0 Å². The molecule has 4 rings (SSSR count). The van der Waals surface area contributed by atoms with E-state index in [2.05, 4.69) is 32.3 Å². The fourth-order valence-corrected chi connectivity index (χ4v) is 4.11. The molecule has 1 aromatic carbocycles. The van der Waals surface area contributed by atoms with Crippen molar-refractivity contribution in [3.05, 3.63) is 59.9 Å². The van der Waals surface area contributed by atoms with Crippen molar-refractivity contribution in [2.45, 2.75) is 25.7 Å². The van der Waals surface area contributed by atoms with Gasteiger partial charge >= 0.3 is 6.18 Å². The Bertz CT molecular complexity index is 1040. The fraction of sp³-hybridized carbons (Fsp3) is 0.391. The first kappa shape index (κ1) is 23.1. The molecule has 176 valence electrons. The van der Waals surface area contributed by atoms with Gasteiger partial charge in [-0.25, -0.2) is 4.98 Å². The zero-order chi connectivity index (χ0) is 23.4. The number of nitrogens with zero attached hydrogens (tertiary/aromatic N) is 4. The Morgan fingerprint density at radius 3 is 2.58 bits per heavy atom. The Morgan fingerprint density at radius 1 is 1.15 bits per heavy atom. The van der Waals surface area contributed by atoms with E-state index in [1.54, 1.807) is 0 Å². The van der Waals surface area contributed by atoms with Crippen LogP contribution in [0, 0.1) is 0 Å². The van der Waals surface area contributed by atoms with E-state index >= 15 is 0 Å². The lowest BCUT2D eigenvalue weighted by atomic mass is 10.1. The number of aliphatic hydroxyl groups excluding tert-OH is 1. The molecule has 3 N–H and O–H groups in total. The maximum atomic E-state index is 12.8. The summed E-state index contributed by atoms with van der Waals surface area (Å²) in [6.07, 6.45) is -1.58. The van der Waals surface area contributed by atoms with Crippen LogP contribution in [-0.2, 0) is 12.7 Å². The third-order valence-electron chi connectivity index (χ3n) is 5.79. The minimum absolute atomic E-state index is 0.0753. The maximum Gasteiger partial charge on any atom is 0.417 e. The number of anilines is 2. The van der Waals surface area contributed by atoms with Gasteiger partial charge in [-0.3, -0.25) is 10.00 Å². The molecular weight excluding hydrogens is 433 g/mol. The highest BCUT2D eigenvalue weighted by Gasteiger charge is 2.31. The third kappa shape index (κ3) is 5.45. The molecule has 1 saturated heterocycles. The Kier molecular flexibility index (Phi) is 6.85. The number of alkyl halides is 3. The number of aliphatic hydroxyl groups is 1. The molecular formula is C23H27F3N6O. The van der Waals surface area contributed by atoms with Gasteiger partial charge in [0.2, 0.25) is 0 Å².